The number of carbonyl (C=O) groups is 2. The number of anilines is 2. The van der Waals surface area contributed by atoms with Gasteiger partial charge in [-0.1, -0.05) is 75.4 Å². The van der Waals surface area contributed by atoms with Crippen molar-refractivity contribution in [2.24, 2.45) is 7.05 Å². The van der Waals surface area contributed by atoms with Gasteiger partial charge in [0, 0.05) is 84.1 Å². The predicted octanol–water partition coefficient (Wildman–Crippen LogP) is 8.63. The molecule has 0 radical (unpaired) electrons. The summed E-state index contributed by atoms with van der Waals surface area (Å²) in [5, 5.41) is 15.0. The summed E-state index contributed by atoms with van der Waals surface area (Å²) in [6, 6.07) is 24.0. The van der Waals surface area contributed by atoms with Gasteiger partial charge in [-0.3, -0.25) is 28.0 Å². The van der Waals surface area contributed by atoms with E-state index in [0.717, 1.165) is 17.3 Å². The molecule has 3 heterocycles. The molecular weight excluding hydrogens is 1310 g/mol. The summed E-state index contributed by atoms with van der Waals surface area (Å²) in [6.07, 6.45) is 10.5. The molecule has 7 aromatic rings. The molecule has 506 valence electrons. The molecule has 2 amide bonds. The van der Waals surface area contributed by atoms with Crippen LogP contribution in [0.25, 0.3) is 32.4 Å². The van der Waals surface area contributed by atoms with Crippen molar-refractivity contribution < 1.29 is 85.4 Å². The van der Waals surface area contributed by atoms with Crippen molar-refractivity contribution in [1.82, 2.24) is 9.88 Å². The van der Waals surface area contributed by atoms with E-state index in [9.17, 15) is 71.4 Å². The van der Waals surface area contributed by atoms with Gasteiger partial charge in [0.05, 0.1) is 65.3 Å². The van der Waals surface area contributed by atoms with Gasteiger partial charge in [0.25, 0.3) is 41.8 Å². The van der Waals surface area contributed by atoms with Crippen LogP contribution in [0.4, 0.5) is 17.1 Å². The van der Waals surface area contributed by atoms with Crippen molar-refractivity contribution in [3.63, 3.8) is 0 Å². The standard InChI is InChI=1S/C67H75N5O19S4/c1-8-43-19-18-22-51-59(43)63(74)60(64(75)69(51)7)65(76)71(44-20-12-10-13-21-44)32-34-90-36-38-91-37-35-89-33-30-68-58(73)25-16-17-31-72-53-29-27-48-50(40-46(93(80,81)82)42-55(48)95(86,87)88)62(53)67(5,6)57(72)24-15-11-14-23-56-66(3,4)61-49-39-45(92(77,78)79)41-54(94(83,84)85)47(49)26-28-52(61)70(56)9-2/h10-15,18-24,26-29,39-42H,8-9,16-17,25,30-38H2,1-7H3,(H5-,68,73,74,75,76,77,78,79,80,81,82,83,84,85,86,87,88). The van der Waals surface area contributed by atoms with Gasteiger partial charge in [-0.05, 0) is 128 Å². The highest BCUT2D eigenvalue weighted by molar-refractivity contribution is 7.87. The number of hydrogen-bond donors (Lipinski definition) is 5. The number of carbonyl (C=O) groups excluding carboxylic acids is 2. The molecule has 0 atom stereocenters. The van der Waals surface area contributed by atoms with Crippen molar-refractivity contribution in [2.45, 2.75) is 97.6 Å². The first-order valence-electron chi connectivity index (χ1n) is 30.5. The molecule has 0 bridgehead atoms. The zero-order valence-electron chi connectivity index (χ0n) is 53.4. The highest BCUT2D eigenvalue weighted by Gasteiger charge is 2.46. The lowest BCUT2D eigenvalue weighted by Crippen LogP contribution is -2.38. The van der Waals surface area contributed by atoms with Crippen molar-refractivity contribution in [3.05, 3.63) is 166 Å². The fourth-order valence-corrected chi connectivity index (χ4v) is 15.4. The normalized spacial score (nSPS) is 15.3. The molecule has 2 aliphatic rings. The number of unbranched alkanes of at least 4 members (excludes halogenated alkanes) is 1. The Kier molecular flexibility index (Phi) is 21.3. The Balaban J connectivity index is 0.808. The summed E-state index contributed by atoms with van der Waals surface area (Å²) in [4.78, 5) is 41.1. The molecule has 24 nitrogen and oxygen atoms in total. The third-order valence-electron chi connectivity index (χ3n) is 17.2. The highest BCUT2D eigenvalue weighted by Crippen LogP contribution is 2.52. The van der Waals surface area contributed by atoms with Gasteiger partial charge in [0.15, 0.2) is 5.71 Å². The maximum atomic E-state index is 14.1. The lowest BCUT2D eigenvalue weighted by Gasteiger charge is -2.27. The number of nitrogens with zero attached hydrogens (tertiary/aromatic N) is 4. The molecule has 0 unspecified atom stereocenters. The van der Waals surface area contributed by atoms with E-state index < -0.39 is 82.4 Å². The molecule has 9 rings (SSSR count). The topological polar surface area (TPSA) is 346 Å². The zero-order chi connectivity index (χ0) is 69.2. The molecule has 2 aliphatic heterocycles. The van der Waals surface area contributed by atoms with Gasteiger partial charge in [0.2, 0.25) is 11.6 Å². The second kappa shape index (κ2) is 28.4. The molecular formula is C67H75N5O19S4. The van der Waals surface area contributed by atoms with E-state index >= 15 is 0 Å². The molecule has 1 aromatic heterocycles. The summed E-state index contributed by atoms with van der Waals surface area (Å²) >= 11 is 0. The van der Waals surface area contributed by atoms with Crippen molar-refractivity contribution in [1.29, 1.82) is 0 Å². The Morgan fingerprint density at radius 2 is 1.29 bits per heavy atom. The summed E-state index contributed by atoms with van der Waals surface area (Å²) in [7, 11) is -18.6. The van der Waals surface area contributed by atoms with Gasteiger partial charge in [-0.25, -0.2) is 8.42 Å². The SMILES string of the molecule is CCc1cccc2c1c(O)c(C(=O)N(CCOCCOCCOCCNC(=O)CCCCN1/C(=C/C=C/C=C/C3=[N+](CC)c4ccc5c(S(=O)(=O)O)cc(S(=O)(=O)O)cc5c4C3(C)C)C(C)(C)c3c1ccc1c(S(=O)(=O)[O-])cc(S(=O)(=O)O)cc31)c1ccccc1)c(=O)n2C. The number of aryl methyl sites for hydroxylation is 2. The van der Waals surface area contributed by atoms with E-state index in [2.05, 4.69) is 5.32 Å². The van der Waals surface area contributed by atoms with Crippen LogP contribution in [-0.4, -0.2) is 149 Å². The minimum Gasteiger partial charge on any atom is -0.744 e. The second-order valence-corrected chi connectivity index (χ2v) is 29.4. The molecule has 0 saturated carbocycles. The molecule has 0 spiro atoms. The molecule has 0 saturated heterocycles. The lowest BCUT2D eigenvalue weighted by molar-refractivity contribution is -0.433. The van der Waals surface area contributed by atoms with Crippen LogP contribution in [0.1, 0.15) is 87.9 Å². The van der Waals surface area contributed by atoms with Gasteiger partial charge < -0.3 is 43.6 Å². The molecule has 95 heavy (non-hydrogen) atoms. The van der Waals surface area contributed by atoms with E-state index in [4.69, 9.17) is 14.2 Å². The third kappa shape index (κ3) is 14.9. The number of allylic oxidation sites excluding steroid dienone is 6. The molecule has 0 aliphatic carbocycles. The number of nitrogens with one attached hydrogen (secondary N) is 1. The first-order valence-corrected chi connectivity index (χ1v) is 36.3. The number of rotatable bonds is 28. The first-order chi connectivity index (χ1) is 44.7. The van der Waals surface area contributed by atoms with Crippen LogP contribution in [0.5, 0.6) is 5.75 Å². The maximum Gasteiger partial charge on any atom is 0.295 e. The van der Waals surface area contributed by atoms with Gasteiger partial charge in [-0.15, -0.1) is 0 Å². The van der Waals surface area contributed by atoms with Crippen molar-refractivity contribution >= 4 is 108 Å². The van der Waals surface area contributed by atoms with Crippen LogP contribution in [0.15, 0.2) is 158 Å². The number of pyridine rings is 1. The number of ether oxygens (including phenoxy) is 3. The number of aromatic nitrogens is 1. The summed E-state index contributed by atoms with van der Waals surface area (Å²) in [5.41, 5.74) is 2.54. The van der Waals surface area contributed by atoms with Crippen LogP contribution in [0.3, 0.4) is 0 Å². The number of para-hydroxylation sites is 1. The number of aromatic hydroxyl groups is 1. The Hall–Kier alpha value is -8.00. The van der Waals surface area contributed by atoms with Gasteiger partial charge in [-0.2, -0.15) is 29.8 Å². The van der Waals surface area contributed by atoms with E-state index in [1.165, 1.54) is 27.7 Å². The van der Waals surface area contributed by atoms with Crippen LogP contribution in [0.2, 0.25) is 0 Å². The number of amides is 2. The lowest BCUT2D eigenvalue weighted by atomic mass is 9.79. The Morgan fingerprint density at radius 1 is 0.684 bits per heavy atom. The fraction of sp³-hybridized carbons (Fsp3) is 0.343. The highest BCUT2D eigenvalue weighted by atomic mass is 32.2. The number of hydrogen-bond acceptors (Lipinski definition) is 17. The average Bonchev–Trinajstić information content (AvgIpc) is 1.59. The molecule has 6 aromatic carbocycles. The van der Waals surface area contributed by atoms with E-state index in [-0.39, 0.29) is 97.9 Å². The fourth-order valence-electron chi connectivity index (χ4n) is 12.8. The summed E-state index contributed by atoms with van der Waals surface area (Å²) in [5.74, 6) is -1.26. The Morgan fingerprint density at radius 3 is 1.92 bits per heavy atom. The van der Waals surface area contributed by atoms with E-state index in [0.29, 0.717) is 89.3 Å². The third-order valence-corrected chi connectivity index (χ3v) is 20.6. The monoisotopic (exact) mass is 1380 g/mol. The Bertz CT molecular complexity index is 4870. The van der Waals surface area contributed by atoms with E-state index in [1.807, 2.05) is 69.2 Å². The van der Waals surface area contributed by atoms with Crippen LogP contribution < -0.4 is 20.7 Å². The Labute approximate surface area is 551 Å². The minimum atomic E-state index is -5.27. The molecule has 0 fully saturated rings. The van der Waals surface area contributed by atoms with Crippen LogP contribution in [0, 0.1) is 0 Å². The quantitative estimate of drug-likeness (QED) is 0.0132. The van der Waals surface area contributed by atoms with Crippen molar-refractivity contribution in [2.75, 3.05) is 75.6 Å². The predicted molar refractivity (Wildman–Crippen MR) is 358 cm³/mol. The maximum absolute atomic E-state index is 14.1. The minimum absolute atomic E-state index is 0.0467. The van der Waals surface area contributed by atoms with Gasteiger partial charge >= 0.3 is 0 Å². The average molecular weight is 1380 g/mol. The summed E-state index contributed by atoms with van der Waals surface area (Å²) < 4.78 is 164. The molecule has 28 heteroatoms. The van der Waals surface area contributed by atoms with Gasteiger partial charge in [0.1, 0.15) is 32.9 Å². The molecule has 5 N–H and O–H groups in total. The zero-order valence-corrected chi connectivity index (χ0v) is 56.6. The smallest absolute Gasteiger partial charge is 0.295 e. The first kappa shape index (κ1) is 71.3. The number of fused-ring (bicyclic) bond motifs is 7. The van der Waals surface area contributed by atoms with E-state index in [1.54, 1.807) is 79.9 Å². The van der Waals surface area contributed by atoms with Crippen LogP contribution in [-0.2, 0) is 83.8 Å². The van der Waals surface area contributed by atoms with Crippen molar-refractivity contribution in [3.8, 4) is 5.75 Å². The second-order valence-electron chi connectivity index (χ2n) is 23.8. The number of benzene rings is 6. The summed E-state index contributed by atoms with van der Waals surface area (Å²) in [6.45, 7) is 13.4. The van der Waals surface area contributed by atoms with Crippen LogP contribution >= 0.6 is 0 Å². The largest absolute Gasteiger partial charge is 0.744 e.